The van der Waals surface area contributed by atoms with E-state index < -0.39 is 11.2 Å². The SMILES string of the molecule is COc1cc([S+](C)[O-])ccc1-n1cnc2ncnc-2n1. The van der Waals surface area contributed by atoms with Crippen LogP contribution in [-0.2, 0) is 11.2 Å². The maximum absolute atomic E-state index is 11.5. The van der Waals surface area contributed by atoms with Gasteiger partial charge in [0, 0.05) is 6.07 Å². The summed E-state index contributed by atoms with van der Waals surface area (Å²) in [6.07, 6.45) is 4.57. The summed E-state index contributed by atoms with van der Waals surface area (Å²) in [4.78, 5) is 12.8. The standard InChI is InChI=1S/C12H11N5O2S/c1-19-10-5-8(20(2)18)3-4-9(10)17-7-15-11-12(16-17)14-6-13-11/h3-7H,1-2H3. The van der Waals surface area contributed by atoms with Crippen LogP contribution in [0.1, 0.15) is 0 Å². The van der Waals surface area contributed by atoms with Gasteiger partial charge >= 0.3 is 0 Å². The van der Waals surface area contributed by atoms with Crippen LogP contribution in [0, 0.1) is 0 Å². The lowest BCUT2D eigenvalue weighted by molar-refractivity contribution is 0.410. The zero-order chi connectivity index (χ0) is 14.1. The molecule has 1 aromatic carbocycles. The summed E-state index contributed by atoms with van der Waals surface area (Å²) in [6.45, 7) is 0. The zero-order valence-electron chi connectivity index (χ0n) is 10.8. The first-order valence-corrected chi connectivity index (χ1v) is 7.29. The van der Waals surface area contributed by atoms with Crippen molar-refractivity contribution in [3.63, 3.8) is 0 Å². The van der Waals surface area contributed by atoms with Crippen LogP contribution in [0.25, 0.3) is 17.3 Å². The summed E-state index contributed by atoms with van der Waals surface area (Å²) >= 11 is -1.07. The molecule has 8 heteroatoms. The molecule has 1 unspecified atom stereocenters. The number of ether oxygens (including phenoxy) is 1. The highest BCUT2D eigenvalue weighted by molar-refractivity contribution is 7.90. The van der Waals surface area contributed by atoms with Gasteiger partial charge in [-0.1, -0.05) is 0 Å². The van der Waals surface area contributed by atoms with Gasteiger partial charge in [-0.15, -0.1) is 5.10 Å². The van der Waals surface area contributed by atoms with E-state index in [-0.39, 0.29) is 0 Å². The van der Waals surface area contributed by atoms with E-state index in [2.05, 4.69) is 20.1 Å². The highest BCUT2D eigenvalue weighted by Gasteiger charge is 2.14. The molecule has 3 rings (SSSR count). The van der Waals surface area contributed by atoms with Gasteiger partial charge < -0.3 is 9.29 Å². The molecular formula is C12H11N5O2S. The number of nitrogens with zero attached hydrogens (tertiary/aromatic N) is 5. The van der Waals surface area contributed by atoms with Crippen molar-refractivity contribution in [2.24, 2.45) is 0 Å². The van der Waals surface area contributed by atoms with Crippen LogP contribution in [0.15, 0.2) is 35.7 Å². The van der Waals surface area contributed by atoms with E-state index in [1.807, 2.05) is 0 Å². The Kier molecular flexibility index (Phi) is 3.25. The fourth-order valence-electron chi connectivity index (χ4n) is 1.79. The normalized spacial score (nSPS) is 12.6. The van der Waals surface area contributed by atoms with Gasteiger partial charge in [0.1, 0.15) is 30.3 Å². The van der Waals surface area contributed by atoms with Crippen molar-refractivity contribution < 1.29 is 9.29 Å². The van der Waals surface area contributed by atoms with E-state index in [0.717, 1.165) is 0 Å². The van der Waals surface area contributed by atoms with E-state index in [4.69, 9.17) is 4.74 Å². The van der Waals surface area contributed by atoms with Crippen molar-refractivity contribution in [3.05, 3.63) is 30.9 Å². The lowest BCUT2D eigenvalue weighted by Crippen LogP contribution is -2.07. The van der Waals surface area contributed by atoms with Crippen molar-refractivity contribution in [2.75, 3.05) is 13.4 Å². The van der Waals surface area contributed by atoms with Gasteiger partial charge in [0.15, 0.2) is 4.90 Å². The summed E-state index contributed by atoms with van der Waals surface area (Å²) < 4.78 is 18.4. The smallest absolute Gasteiger partial charge is 0.219 e. The number of aromatic nitrogens is 5. The van der Waals surface area contributed by atoms with Crippen LogP contribution in [0.3, 0.4) is 0 Å². The summed E-state index contributed by atoms with van der Waals surface area (Å²) in [6, 6.07) is 5.27. The number of hydrogen-bond donors (Lipinski definition) is 0. The number of imidazole rings is 1. The van der Waals surface area contributed by atoms with Crippen molar-refractivity contribution in [1.82, 2.24) is 24.7 Å². The summed E-state index contributed by atoms with van der Waals surface area (Å²) in [5.41, 5.74) is 0.694. The highest BCUT2D eigenvalue weighted by atomic mass is 32.2. The number of hydrogen-bond acceptors (Lipinski definition) is 6. The van der Waals surface area contributed by atoms with Crippen molar-refractivity contribution in [3.8, 4) is 23.1 Å². The first-order valence-electron chi connectivity index (χ1n) is 5.73. The predicted molar refractivity (Wildman–Crippen MR) is 72.5 cm³/mol. The lowest BCUT2D eigenvalue weighted by atomic mass is 10.3. The van der Waals surface area contributed by atoms with E-state index in [9.17, 15) is 4.55 Å². The van der Waals surface area contributed by atoms with Gasteiger partial charge in [-0.05, 0) is 23.3 Å². The van der Waals surface area contributed by atoms with Gasteiger partial charge in [-0.2, -0.15) is 0 Å². The molecule has 0 aliphatic carbocycles. The average Bonchev–Trinajstić information content (AvgIpc) is 2.93. The molecule has 0 N–H and O–H groups in total. The quantitative estimate of drug-likeness (QED) is 0.666. The average molecular weight is 289 g/mol. The zero-order valence-corrected chi connectivity index (χ0v) is 11.7. The van der Waals surface area contributed by atoms with Gasteiger partial charge in [-0.3, -0.25) is 0 Å². The van der Waals surface area contributed by atoms with Crippen LogP contribution in [0.4, 0.5) is 0 Å². The molecule has 2 heterocycles. The lowest BCUT2D eigenvalue weighted by Gasteiger charge is -2.12. The fraction of sp³-hybridized carbons (Fsp3) is 0.167. The predicted octanol–water partition coefficient (Wildman–Crippen LogP) is 0.908. The third kappa shape index (κ3) is 2.19. The fourth-order valence-corrected chi connectivity index (χ4v) is 2.33. The molecule has 1 aromatic rings. The van der Waals surface area contributed by atoms with Crippen molar-refractivity contribution >= 4 is 11.2 Å². The molecule has 2 aliphatic rings. The van der Waals surface area contributed by atoms with E-state index in [0.29, 0.717) is 28.0 Å². The Morgan fingerprint density at radius 1 is 1.20 bits per heavy atom. The van der Waals surface area contributed by atoms with Crippen molar-refractivity contribution in [1.29, 1.82) is 0 Å². The maximum atomic E-state index is 11.5. The molecule has 0 spiro atoms. The second-order valence-electron chi connectivity index (χ2n) is 4.00. The third-order valence-electron chi connectivity index (χ3n) is 2.78. The molecular weight excluding hydrogens is 278 g/mol. The Morgan fingerprint density at radius 3 is 2.75 bits per heavy atom. The topological polar surface area (TPSA) is 88.8 Å². The van der Waals surface area contributed by atoms with E-state index >= 15 is 0 Å². The van der Waals surface area contributed by atoms with Crippen LogP contribution >= 0.6 is 0 Å². The van der Waals surface area contributed by atoms with E-state index in [1.165, 1.54) is 12.7 Å². The first-order chi connectivity index (χ1) is 9.69. The minimum absolute atomic E-state index is 0.456. The third-order valence-corrected chi connectivity index (χ3v) is 3.70. The molecule has 0 bridgehead atoms. The Balaban J connectivity index is 2.11. The number of benzene rings is 1. The second-order valence-corrected chi connectivity index (χ2v) is 5.38. The maximum Gasteiger partial charge on any atom is 0.219 e. The molecule has 102 valence electrons. The van der Waals surface area contributed by atoms with E-state index in [1.54, 1.807) is 36.2 Å². The molecule has 0 saturated carbocycles. The number of rotatable bonds is 3. The molecule has 0 radical (unpaired) electrons. The molecule has 7 nitrogen and oxygen atoms in total. The summed E-state index contributed by atoms with van der Waals surface area (Å²) in [5.74, 6) is 1.51. The van der Waals surface area contributed by atoms with Crippen molar-refractivity contribution in [2.45, 2.75) is 4.90 Å². The molecule has 20 heavy (non-hydrogen) atoms. The molecule has 2 aliphatic heterocycles. The second kappa shape index (κ2) is 5.06. The van der Waals surface area contributed by atoms with Gasteiger partial charge in [0.05, 0.1) is 7.11 Å². The number of methoxy groups -OCH3 is 1. The van der Waals surface area contributed by atoms with Crippen LogP contribution < -0.4 is 4.74 Å². The van der Waals surface area contributed by atoms with Gasteiger partial charge in [0.2, 0.25) is 11.6 Å². The summed E-state index contributed by atoms with van der Waals surface area (Å²) in [5, 5.41) is 4.31. The van der Waals surface area contributed by atoms with Crippen LogP contribution in [0.2, 0.25) is 0 Å². The Labute approximate surface area is 118 Å². The van der Waals surface area contributed by atoms with Crippen LogP contribution in [-0.4, -0.2) is 42.7 Å². The number of fused-ring (bicyclic) bond motifs is 1. The molecule has 0 fully saturated rings. The minimum atomic E-state index is -1.07. The molecule has 0 saturated heterocycles. The molecule has 1 atom stereocenters. The van der Waals surface area contributed by atoms with Gasteiger partial charge in [-0.25, -0.2) is 19.6 Å². The Hall–Kier alpha value is -2.19. The van der Waals surface area contributed by atoms with Crippen LogP contribution in [0.5, 0.6) is 5.75 Å². The van der Waals surface area contributed by atoms with Gasteiger partial charge in [0.25, 0.3) is 0 Å². The summed E-state index contributed by atoms with van der Waals surface area (Å²) in [7, 11) is 1.55. The molecule has 0 aromatic heterocycles. The largest absolute Gasteiger partial charge is 0.612 e. The molecule has 0 amide bonds. The highest BCUT2D eigenvalue weighted by Crippen LogP contribution is 2.26. The Bertz CT molecular complexity index is 715. The monoisotopic (exact) mass is 289 g/mol. The Morgan fingerprint density at radius 2 is 2.00 bits per heavy atom. The minimum Gasteiger partial charge on any atom is -0.612 e. The first kappa shape index (κ1) is 12.8.